The molecule has 1 aliphatic heterocycles. The van der Waals surface area contributed by atoms with Gasteiger partial charge in [-0.1, -0.05) is 19.1 Å². The molecule has 2 rings (SSSR count). The summed E-state index contributed by atoms with van der Waals surface area (Å²) in [5.74, 6) is 0.643. The van der Waals surface area contributed by atoms with Crippen molar-refractivity contribution >= 4 is 24.6 Å². The van der Waals surface area contributed by atoms with Crippen LogP contribution in [0, 0.1) is 6.92 Å². The number of carbonyl (C=O) groups is 1. The monoisotopic (exact) mass is 279 g/mol. The molecule has 0 saturated carbocycles. The summed E-state index contributed by atoms with van der Waals surface area (Å²) in [4.78, 5) is 13.5. The highest BCUT2D eigenvalue weighted by Crippen LogP contribution is 2.33. The molecule has 1 atom stereocenters. The highest BCUT2D eigenvalue weighted by Gasteiger charge is 2.21. The SMILES string of the molecule is Cc1c(CS)ccc(C(C)C=O)c1N1CCOCC1. The first-order chi connectivity index (χ1) is 9.19. The van der Waals surface area contributed by atoms with E-state index in [1.807, 2.05) is 6.92 Å². The summed E-state index contributed by atoms with van der Waals surface area (Å²) in [5, 5.41) is 0. The molecule has 1 heterocycles. The number of aldehydes is 1. The molecule has 3 nitrogen and oxygen atoms in total. The first-order valence-corrected chi connectivity index (χ1v) is 7.33. The second-order valence-corrected chi connectivity index (χ2v) is 5.29. The lowest BCUT2D eigenvalue weighted by Crippen LogP contribution is -2.37. The van der Waals surface area contributed by atoms with Gasteiger partial charge in [0.2, 0.25) is 0 Å². The lowest BCUT2D eigenvalue weighted by Gasteiger charge is -2.33. The number of thiol groups is 1. The topological polar surface area (TPSA) is 29.5 Å². The van der Waals surface area contributed by atoms with Crippen molar-refractivity contribution in [1.29, 1.82) is 0 Å². The molecule has 0 N–H and O–H groups in total. The van der Waals surface area contributed by atoms with Crippen molar-refractivity contribution < 1.29 is 9.53 Å². The van der Waals surface area contributed by atoms with Crippen molar-refractivity contribution in [3.05, 3.63) is 28.8 Å². The fourth-order valence-electron chi connectivity index (χ4n) is 2.58. The fourth-order valence-corrected chi connectivity index (χ4v) is 2.92. The predicted octanol–water partition coefficient (Wildman–Crippen LogP) is 2.56. The third-order valence-electron chi connectivity index (χ3n) is 3.77. The summed E-state index contributed by atoms with van der Waals surface area (Å²) in [6, 6.07) is 4.16. The number of nitrogens with zero attached hydrogens (tertiary/aromatic N) is 1. The second kappa shape index (κ2) is 6.44. The summed E-state index contributed by atoms with van der Waals surface area (Å²) in [5.41, 5.74) is 4.78. The van der Waals surface area contributed by atoms with Gasteiger partial charge in [-0.2, -0.15) is 12.6 Å². The lowest BCUT2D eigenvalue weighted by atomic mass is 9.94. The lowest BCUT2D eigenvalue weighted by molar-refractivity contribution is -0.108. The number of morpholine rings is 1. The molecule has 0 bridgehead atoms. The Morgan fingerprint density at radius 1 is 1.42 bits per heavy atom. The molecule has 1 saturated heterocycles. The molecule has 0 aliphatic carbocycles. The van der Waals surface area contributed by atoms with Crippen LogP contribution in [-0.4, -0.2) is 32.6 Å². The van der Waals surface area contributed by atoms with Gasteiger partial charge in [-0.25, -0.2) is 0 Å². The van der Waals surface area contributed by atoms with Crippen molar-refractivity contribution in [3.63, 3.8) is 0 Å². The molecule has 1 aromatic carbocycles. The van der Waals surface area contributed by atoms with Crippen LogP contribution < -0.4 is 4.90 Å². The van der Waals surface area contributed by atoms with Gasteiger partial charge in [0.25, 0.3) is 0 Å². The minimum Gasteiger partial charge on any atom is -0.378 e. The third kappa shape index (κ3) is 2.95. The molecular weight excluding hydrogens is 258 g/mol. The molecule has 1 aromatic rings. The minimum absolute atomic E-state index is 0.0782. The van der Waals surface area contributed by atoms with Crippen molar-refractivity contribution in [2.75, 3.05) is 31.2 Å². The Morgan fingerprint density at radius 2 is 2.11 bits per heavy atom. The number of ether oxygens (including phenoxy) is 1. The predicted molar refractivity (Wildman–Crippen MR) is 81.4 cm³/mol. The van der Waals surface area contributed by atoms with Crippen molar-refractivity contribution in [3.8, 4) is 0 Å². The van der Waals surface area contributed by atoms with Gasteiger partial charge in [0.1, 0.15) is 6.29 Å². The van der Waals surface area contributed by atoms with Crippen LogP contribution in [0.3, 0.4) is 0 Å². The van der Waals surface area contributed by atoms with Gasteiger partial charge < -0.3 is 14.4 Å². The van der Waals surface area contributed by atoms with Crippen LogP contribution in [0.5, 0.6) is 0 Å². The van der Waals surface area contributed by atoms with Crippen LogP contribution in [0.2, 0.25) is 0 Å². The summed E-state index contributed by atoms with van der Waals surface area (Å²) in [7, 11) is 0. The largest absolute Gasteiger partial charge is 0.378 e. The van der Waals surface area contributed by atoms with Gasteiger partial charge >= 0.3 is 0 Å². The zero-order chi connectivity index (χ0) is 13.8. The van der Waals surface area contributed by atoms with Crippen LogP contribution in [-0.2, 0) is 15.3 Å². The Balaban J connectivity index is 2.48. The summed E-state index contributed by atoms with van der Waals surface area (Å²) < 4.78 is 5.42. The first-order valence-electron chi connectivity index (χ1n) is 6.70. The number of anilines is 1. The van der Waals surface area contributed by atoms with E-state index in [1.165, 1.54) is 16.8 Å². The van der Waals surface area contributed by atoms with E-state index in [0.717, 1.165) is 43.9 Å². The van der Waals surface area contributed by atoms with E-state index < -0.39 is 0 Å². The molecule has 1 aliphatic rings. The van der Waals surface area contributed by atoms with Gasteiger partial charge in [-0.3, -0.25) is 0 Å². The Kier molecular flexibility index (Phi) is 4.88. The highest BCUT2D eigenvalue weighted by atomic mass is 32.1. The zero-order valence-corrected chi connectivity index (χ0v) is 12.5. The maximum Gasteiger partial charge on any atom is 0.127 e. The molecule has 104 valence electrons. The standard InChI is InChI=1S/C15H21NO2S/c1-11(9-17)14-4-3-13(10-19)12(2)15(14)16-5-7-18-8-6-16/h3-4,9,11,19H,5-8,10H2,1-2H3. The van der Waals surface area contributed by atoms with Crippen LogP contribution in [0.25, 0.3) is 0 Å². The number of benzene rings is 1. The van der Waals surface area contributed by atoms with Crippen LogP contribution >= 0.6 is 12.6 Å². The number of hydrogen-bond acceptors (Lipinski definition) is 4. The average Bonchev–Trinajstić information content (AvgIpc) is 2.47. The molecule has 1 unspecified atom stereocenters. The van der Waals surface area contributed by atoms with Gasteiger partial charge in [-0.15, -0.1) is 0 Å². The van der Waals surface area contributed by atoms with E-state index in [-0.39, 0.29) is 5.92 Å². The molecule has 0 spiro atoms. The van der Waals surface area contributed by atoms with Crippen molar-refractivity contribution in [2.24, 2.45) is 0 Å². The van der Waals surface area contributed by atoms with Crippen molar-refractivity contribution in [2.45, 2.75) is 25.5 Å². The maximum atomic E-state index is 11.1. The van der Waals surface area contributed by atoms with Gasteiger partial charge in [0, 0.05) is 30.4 Å². The Labute approximate surface area is 120 Å². The average molecular weight is 279 g/mol. The summed E-state index contributed by atoms with van der Waals surface area (Å²) in [6.07, 6.45) is 1.01. The second-order valence-electron chi connectivity index (χ2n) is 4.97. The third-order valence-corrected chi connectivity index (χ3v) is 4.11. The van der Waals surface area contributed by atoms with Gasteiger partial charge in [-0.05, 0) is 23.6 Å². The molecule has 1 fully saturated rings. The van der Waals surface area contributed by atoms with Gasteiger partial charge in [0.15, 0.2) is 0 Å². The Morgan fingerprint density at radius 3 is 2.68 bits per heavy atom. The molecule has 0 aromatic heterocycles. The van der Waals surface area contributed by atoms with Crippen LogP contribution in [0.4, 0.5) is 5.69 Å². The van der Waals surface area contributed by atoms with Crippen LogP contribution in [0.15, 0.2) is 12.1 Å². The quantitative estimate of drug-likeness (QED) is 0.678. The fraction of sp³-hybridized carbons (Fsp3) is 0.533. The van der Waals surface area contributed by atoms with E-state index in [0.29, 0.717) is 0 Å². The number of rotatable bonds is 4. The zero-order valence-electron chi connectivity index (χ0n) is 11.6. The molecule has 19 heavy (non-hydrogen) atoms. The first kappa shape index (κ1) is 14.4. The van der Waals surface area contributed by atoms with Gasteiger partial charge in [0.05, 0.1) is 13.2 Å². The van der Waals surface area contributed by atoms with Crippen LogP contribution in [0.1, 0.15) is 29.5 Å². The van der Waals surface area contributed by atoms with E-state index in [2.05, 4.69) is 36.6 Å². The Bertz CT molecular complexity index is 456. The van der Waals surface area contributed by atoms with Crippen molar-refractivity contribution in [1.82, 2.24) is 0 Å². The van der Waals surface area contributed by atoms with E-state index in [1.54, 1.807) is 0 Å². The summed E-state index contributed by atoms with van der Waals surface area (Å²) in [6.45, 7) is 7.34. The molecule has 4 heteroatoms. The Hall–Kier alpha value is -1.00. The molecular formula is C15H21NO2S. The minimum atomic E-state index is -0.0782. The smallest absolute Gasteiger partial charge is 0.127 e. The normalized spacial score (nSPS) is 17.3. The number of carbonyl (C=O) groups excluding carboxylic acids is 1. The maximum absolute atomic E-state index is 11.1. The van der Waals surface area contributed by atoms with E-state index in [4.69, 9.17) is 4.74 Å². The van der Waals surface area contributed by atoms with E-state index in [9.17, 15) is 4.79 Å². The summed E-state index contributed by atoms with van der Waals surface area (Å²) >= 11 is 4.39. The number of hydrogen-bond donors (Lipinski definition) is 1. The molecule has 0 amide bonds. The molecule has 0 radical (unpaired) electrons. The highest BCUT2D eigenvalue weighted by molar-refractivity contribution is 7.79. The van der Waals surface area contributed by atoms with E-state index >= 15 is 0 Å².